The highest BCUT2D eigenvalue weighted by molar-refractivity contribution is 6.04. The van der Waals surface area contributed by atoms with Gasteiger partial charge in [-0.05, 0) is 44.4 Å². The Morgan fingerprint density at radius 1 is 1.42 bits per heavy atom. The molecule has 0 atom stereocenters. The van der Waals surface area contributed by atoms with E-state index in [1.165, 1.54) is 5.56 Å². The van der Waals surface area contributed by atoms with E-state index in [0.29, 0.717) is 12.1 Å². The van der Waals surface area contributed by atoms with E-state index in [1.807, 2.05) is 30.5 Å². The minimum Gasteiger partial charge on any atom is -0.478 e. The first kappa shape index (κ1) is 13.6. The minimum absolute atomic E-state index is 0.415. The maximum atomic E-state index is 11.5. The zero-order chi connectivity index (χ0) is 14.0. The van der Waals surface area contributed by atoms with Gasteiger partial charge in [0.2, 0.25) is 0 Å². The third kappa shape index (κ3) is 2.36. The summed E-state index contributed by atoms with van der Waals surface area (Å²) in [6.07, 6.45) is 3.87. The lowest BCUT2D eigenvalue weighted by molar-refractivity contribution is 0.0698. The molecule has 0 saturated carbocycles. The van der Waals surface area contributed by atoms with Crippen LogP contribution in [0.5, 0.6) is 0 Å². The van der Waals surface area contributed by atoms with Crippen LogP contribution in [0.3, 0.4) is 0 Å². The summed E-state index contributed by atoms with van der Waals surface area (Å²) in [5, 5.41) is 10.5. The molecule has 0 radical (unpaired) electrons. The van der Waals surface area contributed by atoms with Gasteiger partial charge in [-0.15, -0.1) is 0 Å². The fourth-order valence-electron chi connectivity index (χ4n) is 2.58. The second-order valence-corrected chi connectivity index (χ2v) is 4.79. The van der Waals surface area contributed by atoms with E-state index in [9.17, 15) is 9.90 Å². The zero-order valence-electron chi connectivity index (χ0n) is 11.4. The summed E-state index contributed by atoms with van der Waals surface area (Å²) in [6, 6.07) is 3.91. The van der Waals surface area contributed by atoms with Crippen molar-refractivity contribution in [2.75, 3.05) is 6.54 Å². The van der Waals surface area contributed by atoms with Crippen molar-refractivity contribution in [3.05, 3.63) is 35.0 Å². The summed E-state index contributed by atoms with van der Waals surface area (Å²) in [6.45, 7) is 5.29. The molecule has 0 aliphatic carbocycles. The van der Waals surface area contributed by atoms with Gasteiger partial charge in [0.25, 0.3) is 0 Å². The summed E-state index contributed by atoms with van der Waals surface area (Å²) in [7, 11) is 0. The van der Waals surface area contributed by atoms with Gasteiger partial charge in [-0.25, -0.2) is 4.79 Å². The Hall–Kier alpha value is -1.81. The molecular weight excluding hydrogens is 240 g/mol. The second-order valence-electron chi connectivity index (χ2n) is 4.79. The lowest BCUT2D eigenvalue weighted by atomic mass is 10.0. The quantitative estimate of drug-likeness (QED) is 0.868. The van der Waals surface area contributed by atoms with Crippen LogP contribution >= 0.6 is 0 Å². The first-order chi connectivity index (χ1) is 9.10. The Labute approximate surface area is 112 Å². The van der Waals surface area contributed by atoms with Gasteiger partial charge in [0.15, 0.2) is 0 Å². The lowest BCUT2D eigenvalue weighted by Crippen LogP contribution is -2.04. The van der Waals surface area contributed by atoms with Crippen molar-refractivity contribution >= 4 is 16.9 Å². The molecule has 2 aromatic rings. The molecule has 2 rings (SSSR count). The number of aromatic nitrogens is 1. The molecule has 0 aliphatic heterocycles. The summed E-state index contributed by atoms with van der Waals surface area (Å²) in [4.78, 5) is 11.5. The van der Waals surface area contributed by atoms with Crippen LogP contribution in [0.25, 0.3) is 10.9 Å². The average Bonchev–Trinajstić information content (AvgIpc) is 2.73. The second kappa shape index (κ2) is 5.45. The number of nitrogens with zero attached hydrogens (tertiary/aromatic N) is 1. The number of nitrogens with two attached hydrogens (primary N) is 1. The van der Waals surface area contributed by atoms with E-state index < -0.39 is 5.97 Å². The molecule has 19 heavy (non-hydrogen) atoms. The number of rotatable bonds is 5. The number of hydrogen-bond donors (Lipinski definition) is 2. The van der Waals surface area contributed by atoms with Crippen molar-refractivity contribution < 1.29 is 9.90 Å². The Morgan fingerprint density at radius 2 is 2.16 bits per heavy atom. The average molecular weight is 260 g/mol. The van der Waals surface area contributed by atoms with Crippen LogP contribution in [0, 0.1) is 6.92 Å². The fourth-order valence-corrected chi connectivity index (χ4v) is 2.58. The number of aromatic carboxylic acids is 1. The summed E-state index contributed by atoms with van der Waals surface area (Å²) in [5.74, 6) is -0.860. The number of aryl methyl sites for hydroxylation is 3. The highest BCUT2D eigenvalue weighted by Gasteiger charge is 2.17. The van der Waals surface area contributed by atoms with Gasteiger partial charge < -0.3 is 15.4 Å². The largest absolute Gasteiger partial charge is 0.478 e. The highest BCUT2D eigenvalue weighted by Crippen LogP contribution is 2.28. The van der Waals surface area contributed by atoms with Crippen LogP contribution in [0.2, 0.25) is 0 Å². The number of carbonyl (C=O) groups is 1. The molecule has 0 amide bonds. The molecule has 0 bridgehead atoms. The summed E-state index contributed by atoms with van der Waals surface area (Å²) in [5.41, 5.74) is 8.80. The number of fused-ring (bicyclic) bond motifs is 1. The van der Waals surface area contributed by atoms with Crippen molar-refractivity contribution in [3.8, 4) is 0 Å². The molecule has 4 nitrogen and oxygen atoms in total. The van der Waals surface area contributed by atoms with Crippen LogP contribution in [0.15, 0.2) is 18.3 Å². The van der Waals surface area contributed by atoms with E-state index >= 15 is 0 Å². The third-order valence-electron chi connectivity index (χ3n) is 3.54. The van der Waals surface area contributed by atoms with Crippen molar-refractivity contribution in [1.82, 2.24) is 4.57 Å². The predicted octanol–water partition coefficient (Wildman–Crippen LogP) is 2.56. The van der Waals surface area contributed by atoms with Crippen molar-refractivity contribution in [3.63, 3.8) is 0 Å². The highest BCUT2D eigenvalue weighted by atomic mass is 16.4. The standard InChI is InChI=1S/C15H20N2O2/c1-3-17-9-11(5-4-8-16)12-7-6-10(2)13(14(12)17)15(18)19/h6-7,9H,3-5,8,16H2,1-2H3,(H,18,19). The SMILES string of the molecule is CCn1cc(CCCN)c2ccc(C)c(C(=O)O)c21. The predicted molar refractivity (Wildman–Crippen MR) is 76.7 cm³/mol. The lowest BCUT2D eigenvalue weighted by Gasteiger charge is -2.07. The maximum Gasteiger partial charge on any atom is 0.338 e. The molecule has 0 saturated heterocycles. The van der Waals surface area contributed by atoms with Crippen molar-refractivity contribution in [2.45, 2.75) is 33.2 Å². The minimum atomic E-state index is -0.860. The Bertz CT molecular complexity index is 614. The van der Waals surface area contributed by atoms with Gasteiger partial charge >= 0.3 is 5.97 Å². The molecule has 0 fully saturated rings. The van der Waals surface area contributed by atoms with E-state index in [4.69, 9.17) is 5.73 Å². The van der Waals surface area contributed by atoms with E-state index in [-0.39, 0.29) is 0 Å². The normalized spacial score (nSPS) is 11.1. The fraction of sp³-hybridized carbons (Fsp3) is 0.400. The van der Waals surface area contributed by atoms with Crippen LogP contribution in [0.4, 0.5) is 0 Å². The topological polar surface area (TPSA) is 68.2 Å². The first-order valence-corrected chi connectivity index (χ1v) is 6.64. The number of carboxylic acids is 1. The summed E-state index contributed by atoms with van der Waals surface area (Å²) < 4.78 is 2.03. The number of hydrogen-bond acceptors (Lipinski definition) is 2. The van der Waals surface area contributed by atoms with E-state index in [2.05, 4.69) is 6.20 Å². The van der Waals surface area contributed by atoms with Crippen molar-refractivity contribution in [1.29, 1.82) is 0 Å². The van der Waals surface area contributed by atoms with Gasteiger partial charge in [0.05, 0.1) is 11.1 Å². The molecular formula is C15H20N2O2. The van der Waals surface area contributed by atoms with Gasteiger partial charge in [0, 0.05) is 18.1 Å². The van der Waals surface area contributed by atoms with E-state index in [0.717, 1.165) is 35.9 Å². The maximum absolute atomic E-state index is 11.5. The monoisotopic (exact) mass is 260 g/mol. The molecule has 1 heterocycles. The number of carboxylic acid groups (broad SMARTS) is 1. The molecule has 1 aromatic carbocycles. The molecule has 1 aromatic heterocycles. The smallest absolute Gasteiger partial charge is 0.338 e. The zero-order valence-corrected chi connectivity index (χ0v) is 11.4. The third-order valence-corrected chi connectivity index (χ3v) is 3.54. The van der Waals surface area contributed by atoms with Gasteiger partial charge in [0.1, 0.15) is 0 Å². The van der Waals surface area contributed by atoms with Crippen LogP contribution in [-0.2, 0) is 13.0 Å². The molecule has 3 N–H and O–H groups in total. The first-order valence-electron chi connectivity index (χ1n) is 6.64. The Balaban J connectivity index is 2.71. The Morgan fingerprint density at radius 3 is 2.74 bits per heavy atom. The van der Waals surface area contributed by atoms with Crippen LogP contribution in [0.1, 0.15) is 34.8 Å². The van der Waals surface area contributed by atoms with Gasteiger partial charge in [-0.1, -0.05) is 12.1 Å². The molecule has 102 valence electrons. The molecule has 0 unspecified atom stereocenters. The summed E-state index contributed by atoms with van der Waals surface area (Å²) >= 11 is 0. The number of benzene rings is 1. The Kier molecular flexibility index (Phi) is 3.90. The van der Waals surface area contributed by atoms with Crippen molar-refractivity contribution in [2.24, 2.45) is 5.73 Å². The molecule has 0 aliphatic rings. The van der Waals surface area contributed by atoms with E-state index in [1.54, 1.807) is 0 Å². The van der Waals surface area contributed by atoms with Gasteiger partial charge in [-0.2, -0.15) is 0 Å². The van der Waals surface area contributed by atoms with Crippen LogP contribution < -0.4 is 5.73 Å². The van der Waals surface area contributed by atoms with Gasteiger partial charge in [-0.3, -0.25) is 0 Å². The molecule has 0 spiro atoms. The van der Waals surface area contributed by atoms with Crippen LogP contribution in [-0.4, -0.2) is 22.2 Å². The molecule has 4 heteroatoms.